The van der Waals surface area contributed by atoms with Gasteiger partial charge in [-0.1, -0.05) is 29.8 Å². The van der Waals surface area contributed by atoms with Gasteiger partial charge in [0.15, 0.2) is 0 Å². The molecular weight excluding hydrogens is 338 g/mol. The topological polar surface area (TPSA) is 53.7 Å². The Kier molecular flexibility index (Phi) is 4.24. The summed E-state index contributed by atoms with van der Waals surface area (Å²) in [5.41, 5.74) is 2.05. The average molecular weight is 356 g/mol. The molecule has 1 fully saturated rings. The molecule has 3 aromatic rings. The van der Waals surface area contributed by atoms with Crippen LogP contribution in [0.4, 0.5) is 0 Å². The second-order valence-electron chi connectivity index (χ2n) is 6.38. The number of phenolic OH excluding ortho intramolecular Hbond substituents is 1. The van der Waals surface area contributed by atoms with E-state index in [1.807, 2.05) is 12.1 Å². The number of nitrogens with zero attached hydrogens (tertiary/aromatic N) is 1. The molecule has 1 saturated heterocycles. The summed E-state index contributed by atoms with van der Waals surface area (Å²) in [6.45, 7) is 2.58. The summed E-state index contributed by atoms with van der Waals surface area (Å²) in [5.74, 6) is 0.160. The molecule has 4 nitrogen and oxygen atoms in total. The molecule has 0 saturated carbocycles. The highest BCUT2D eigenvalue weighted by molar-refractivity contribution is 6.33. The van der Waals surface area contributed by atoms with Crippen molar-refractivity contribution in [3.63, 3.8) is 0 Å². The summed E-state index contributed by atoms with van der Waals surface area (Å²) >= 11 is 6.22. The molecule has 1 N–H and O–H groups in total. The monoisotopic (exact) mass is 355 g/mol. The molecule has 0 bridgehead atoms. The Hall–Kier alpha value is -2.30. The van der Waals surface area contributed by atoms with E-state index in [2.05, 4.69) is 4.90 Å². The van der Waals surface area contributed by atoms with E-state index in [-0.39, 0.29) is 11.2 Å². The van der Waals surface area contributed by atoms with Gasteiger partial charge in [-0.2, -0.15) is 0 Å². The molecule has 1 aliphatic heterocycles. The van der Waals surface area contributed by atoms with Gasteiger partial charge in [0.2, 0.25) is 5.43 Å². The molecule has 0 atom stereocenters. The standard InChI is InChI=1S/C20H18ClNO3/c21-17-6-2-1-5-13(17)16-12-25-20-14(19(16)24)7-8-18(23)15(20)11-22-9-3-4-10-22/h1-2,5-8,12,23H,3-4,9-11H2. The van der Waals surface area contributed by atoms with Crippen LogP contribution < -0.4 is 5.43 Å². The van der Waals surface area contributed by atoms with Crippen molar-refractivity contribution < 1.29 is 9.52 Å². The van der Waals surface area contributed by atoms with Crippen molar-refractivity contribution in [2.45, 2.75) is 19.4 Å². The van der Waals surface area contributed by atoms with Crippen LogP contribution in [0.15, 0.2) is 51.9 Å². The third kappa shape index (κ3) is 2.92. The maximum atomic E-state index is 13.0. The minimum atomic E-state index is -0.142. The number of likely N-dealkylation sites (tertiary alicyclic amines) is 1. The van der Waals surface area contributed by atoms with Gasteiger partial charge in [-0.25, -0.2) is 0 Å². The predicted molar refractivity (Wildman–Crippen MR) is 99.1 cm³/mol. The first-order valence-corrected chi connectivity index (χ1v) is 8.76. The van der Waals surface area contributed by atoms with Crippen LogP contribution in [-0.2, 0) is 6.54 Å². The highest BCUT2D eigenvalue weighted by atomic mass is 35.5. The third-order valence-electron chi connectivity index (χ3n) is 4.76. The predicted octanol–water partition coefficient (Wildman–Crippen LogP) is 4.41. The molecule has 0 radical (unpaired) electrons. The highest BCUT2D eigenvalue weighted by Crippen LogP contribution is 2.31. The van der Waals surface area contributed by atoms with Crippen molar-refractivity contribution >= 4 is 22.6 Å². The van der Waals surface area contributed by atoms with Crippen LogP contribution >= 0.6 is 11.6 Å². The molecule has 2 aromatic carbocycles. The summed E-state index contributed by atoms with van der Waals surface area (Å²) < 4.78 is 5.81. The fourth-order valence-corrected chi connectivity index (χ4v) is 3.67. The van der Waals surface area contributed by atoms with Gasteiger partial charge in [0, 0.05) is 17.1 Å². The zero-order valence-corrected chi connectivity index (χ0v) is 14.4. The largest absolute Gasteiger partial charge is 0.507 e. The van der Waals surface area contributed by atoms with Crippen molar-refractivity contribution in [1.29, 1.82) is 0 Å². The molecule has 25 heavy (non-hydrogen) atoms. The summed E-state index contributed by atoms with van der Waals surface area (Å²) in [6.07, 6.45) is 3.76. The fraction of sp³-hybridized carbons (Fsp3) is 0.250. The van der Waals surface area contributed by atoms with Gasteiger partial charge in [-0.05, 0) is 44.1 Å². The van der Waals surface area contributed by atoms with Crippen LogP contribution in [0.5, 0.6) is 5.75 Å². The number of halogens is 1. The van der Waals surface area contributed by atoms with Crippen LogP contribution in [0.2, 0.25) is 5.02 Å². The normalized spacial score (nSPS) is 15.1. The Labute approximate surface area is 150 Å². The van der Waals surface area contributed by atoms with E-state index in [4.69, 9.17) is 16.0 Å². The Bertz CT molecular complexity index is 990. The molecule has 0 spiro atoms. The van der Waals surface area contributed by atoms with Crippen LogP contribution in [0.1, 0.15) is 18.4 Å². The number of phenols is 1. The number of benzene rings is 2. The molecule has 0 aliphatic carbocycles. The van der Waals surface area contributed by atoms with Gasteiger partial charge >= 0.3 is 0 Å². The first kappa shape index (κ1) is 16.2. The van der Waals surface area contributed by atoms with E-state index in [1.165, 1.54) is 6.26 Å². The Balaban J connectivity index is 1.87. The zero-order valence-electron chi connectivity index (χ0n) is 13.7. The smallest absolute Gasteiger partial charge is 0.200 e. The minimum Gasteiger partial charge on any atom is -0.507 e. The van der Waals surface area contributed by atoms with Crippen molar-refractivity contribution in [2.75, 3.05) is 13.1 Å². The lowest BCUT2D eigenvalue weighted by atomic mass is 10.0. The second-order valence-corrected chi connectivity index (χ2v) is 6.79. The van der Waals surface area contributed by atoms with Crippen LogP contribution in [0.3, 0.4) is 0 Å². The molecule has 0 amide bonds. The number of hydrogen-bond acceptors (Lipinski definition) is 4. The summed E-state index contributed by atoms with van der Waals surface area (Å²) in [5, 5.41) is 11.2. The van der Waals surface area contributed by atoms with Gasteiger partial charge in [0.25, 0.3) is 0 Å². The summed E-state index contributed by atoms with van der Waals surface area (Å²) in [7, 11) is 0. The highest BCUT2D eigenvalue weighted by Gasteiger charge is 2.19. The average Bonchev–Trinajstić information content (AvgIpc) is 3.12. The summed E-state index contributed by atoms with van der Waals surface area (Å²) in [4.78, 5) is 15.2. The van der Waals surface area contributed by atoms with E-state index < -0.39 is 0 Å². The molecule has 0 unspecified atom stereocenters. The van der Waals surface area contributed by atoms with Crippen LogP contribution in [0.25, 0.3) is 22.1 Å². The summed E-state index contributed by atoms with van der Waals surface area (Å²) in [6, 6.07) is 10.4. The van der Waals surface area contributed by atoms with Crippen molar-refractivity contribution in [1.82, 2.24) is 4.90 Å². The van der Waals surface area contributed by atoms with Gasteiger partial charge in [0.1, 0.15) is 17.6 Å². The van der Waals surface area contributed by atoms with E-state index in [0.29, 0.717) is 39.2 Å². The van der Waals surface area contributed by atoms with Gasteiger partial charge < -0.3 is 9.52 Å². The van der Waals surface area contributed by atoms with Gasteiger partial charge in [0.05, 0.1) is 16.5 Å². The minimum absolute atomic E-state index is 0.142. The number of rotatable bonds is 3. The zero-order chi connectivity index (χ0) is 17.4. The maximum absolute atomic E-state index is 13.0. The van der Waals surface area contributed by atoms with E-state index in [9.17, 15) is 9.90 Å². The fourth-order valence-electron chi connectivity index (χ4n) is 3.43. The molecule has 128 valence electrons. The van der Waals surface area contributed by atoms with Crippen molar-refractivity contribution in [2.24, 2.45) is 0 Å². The molecular formula is C20H18ClNO3. The number of hydrogen-bond donors (Lipinski definition) is 1. The van der Waals surface area contributed by atoms with Crippen molar-refractivity contribution in [3.05, 3.63) is 63.5 Å². The molecule has 2 heterocycles. The lowest BCUT2D eigenvalue weighted by Crippen LogP contribution is -2.19. The van der Waals surface area contributed by atoms with E-state index in [0.717, 1.165) is 25.9 Å². The Morgan fingerprint density at radius 3 is 2.60 bits per heavy atom. The first-order valence-electron chi connectivity index (χ1n) is 8.39. The maximum Gasteiger partial charge on any atom is 0.200 e. The second kappa shape index (κ2) is 6.54. The molecule has 5 heteroatoms. The Morgan fingerprint density at radius 2 is 1.84 bits per heavy atom. The Morgan fingerprint density at radius 1 is 1.08 bits per heavy atom. The van der Waals surface area contributed by atoms with Gasteiger partial charge in [-0.3, -0.25) is 9.69 Å². The number of aromatic hydroxyl groups is 1. The van der Waals surface area contributed by atoms with Crippen LogP contribution in [-0.4, -0.2) is 23.1 Å². The molecule has 4 rings (SSSR count). The lowest BCUT2D eigenvalue weighted by Gasteiger charge is -2.16. The SMILES string of the molecule is O=c1c(-c2ccccc2Cl)coc2c(CN3CCCC3)c(O)ccc12. The van der Waals surface area contributed by atoms with Crippen LogP contribution in [0, 0.1) is 0 Å². The van der Waals surface area contributed by atoms with E-state index >= 15 is 0 Å². The number of fused-ring (bicyclic) bond motifs is 1. The third-order valence-corrected chi connectivity index (χ3v) is 5.09. The van der Waals surface area contributed by atoms with E-state index in [1.54, 1.807) is 24.3 Å². The first-order chi connectivity index (χ1) is 12.1. The van der Waals surface area contributed by atoms with Crippen molar-refractivity contribution in [3.8, 4) is 16.9 Å². The molecule has 1 aromatic heterocycles. The lowest BCUT2D eigenvalue weighted by molar-refractivity contribution is 0.323. The quantitative estimate of drug-likeness (QED) is 0.755. The molecule has 1 aliphatic rings. The van der Waals surface area contributed by atoms with Gasteiger partial charge in [-0.15, -0.1) is 0 Å².